The van der Waals surface area contributed by atoms with Gasteiger partial charge in [0.15, 0.2) is 5.78 Å². The van der Waals surface area contributed by atoms with Crippen molar-refractivity contribution in [2.75, 3.05) is 50.4 Å². The zero-order valence-corrected chi connectivity index (χ0v) is 14.9. The van der Waals surface area contributed by atoms with Crippen LogP contribution in [0.1, 0.15) is 10.4 Å². The monoisotopic (exact) mass is 352 g/mol. The largest absolute Gasteiger partial charge is 0.323 e. The van der Waals surface area contributed by atoms with Gasteiger partial charge in [-0.1, -0.05) is 18.2 Å². The molecule has 0 saturated carbocycles. The standard InChI is InChI=1S/C20H24N4O2/c1-23-11-13-24(14-12-23)15-19(25)16-7-9-18(10-8-16)22-20(26)21-17-5-3-2-4-6-17/h2-10H,11-15H2,1H3,(H2,21,22,26). The Morgan fingerprint density at radius 2 is 1.42 bits per heavy atom. The summed E-state index contributed by atoms with van der Waals surface area (Å²) in [7, 11) is 2.10. The number of nitrogens with zero attached hydrogens (tertiary/aromatic N) is 2. The van der Waals surface area contributed by atoms with Gasteiger partial charge < -0.3 is 15.5 Å². The normalized spacial score (nSPS) is 15.4. The average Bonchev–Trinajstić information content (AvgIpc) is 2.65. The lowest BCUT2D eigenvalue weighted by Gasteiger charge is -2.31. The molecule has 2 amide bonds. The molecule has 2 N–H and O–H groups in total. The van der Waals surface area contributed by atoms with Gasteiger partial charge in [0.1, 0.15) is 0 Å². The maximum absolute atomic E-state index is 12.4. The highest BCUT2D eigenvalue weighted by Crippen LogP contribution is 2.12. The van der Waals surface area contributed by atoms with E-state index in [1.807, 2.05) is 30.3 Å². The molecule has 0 aliphatic carbocycles. The third kappa shape index (κ3) is 5.15. The van der Waals surface area contributed by atoms with E-state index in [2.05, 4.69) is 27.5 Å². The lowest BCUT2D eigenvalue weighted by Crippen LogP contribution is -2.46. The minimum Gasteiger partial charge on any atom is -0.308 e. The summed E-state index contributed by atoms with van der Waals surface area (Å²) in [6, 6.07) is 16.0. The maximum Gasteiger partial charge on any atom is 0.323 e. The van der Waals surface area contributed by atoms with Gasteiger partial charge in [0.25, 0.3) is 0 Å². The predicted octanol–water partition coefficient (Wildman–Crippen LogP) is 2.76. The van der Waals surface area contributed by atoms with E-state index in [-0.39, 0.29) is 11.8 Å². The number of likely N-dealkylation sites (N-methyl/N-ethyl adjacent to an activating group) is 1. The van der Waals surface area contributed by atoms with Gasteiger partial charge in [-0.05, 0) is 43.4 Å². The molecule has 0 bridgehead atoms. The molecule has 2 aromatic carbocycles. The average molecular weight is 352 g/mol. The first kappa shape index (κ1) is 18.1. The second-order valence-electron chi connectivity index (χ2n) is 6.53. The van der Waals surface area contributed by atoms with E-state index in [0.29, 0.717) is 17.8 Å². The second-order valence-corrected chi connectivity index (χ2v) is 6.53. The summed E-state index contributed by atoms with van der Waals surface area (Å²) in [5.41, 5.74) is 2.04. The topological polar surface area (TPSA) is 64.7 Å². The fraction of sp³-hybridized carbons (Fsp3) is 0.300. The van der Waals surface area contributed by atoms with Crippen LogP contribution in [0, 0.1) is 0 Å². The van der Waals surface area contributed by atoms with Crippen molar-refractivity contribution >= 4 is 23.2 Å². The minimum atomic E-state index is -0.312. The van der Waals surface area contributed by atoms with E-state index < -0.39 is 0 Å². The fourth-order valence-corrected chi connectivity index (χ4v) is 2.85. The van der Waals surface area contributed by atoms with Crippen molar-refractivity contribution in [3.05, 3.63) is 60.2 Å². The molecule has 136 valence electrons. The van der Waals surface area contributed by atoms with Crippen molar-refractivity contribution in [2.45, 2.75) is 0 Å². The summed E-state index contributed by atoms with van der Waals surface area (Å²) in [6.07, 6.45) is 0. The Bertz CT molecular complexity index is 738. The smallest absolute Gasteiger partial charge is 0.308 e. The number of para-hydroxylation sites is 1. The van der Waals surface area contributed by atoms with Crippen LogP contribution < -0.4 is 10.6 Å². The van der Waals surface area contributed by atoms with Crippen LogP contribution in [0.4, 0.5) is 16.2 Å². The zero-order chi connectivity index (χ0) is 18.4. The Balaban J connectivity index is 1.51. The van der Waals surface area contributed by atoms with Gasteiger partial charge in [-0.3, -0.25) is 9.69 Å². The number of carbonyl (C=O) groups is 2. The quantitative estimate of drug-likeness (QED) is 0.812. The van der Waals surface area contributed by atoms with Gasteiger partial charge in [0.05, 0.1) is 6.54 Å². The summed E-state index contributed by atoms with van der Waals surface area (Å²) in [4.78, 5) is 28.9. The van der Waals surface area contributed by atoms with Gasteiger partial charge in [-0.25, -0.2) is 4.79 Å². The van der Waals surface area contributed by atoms with E-state index in [1.54, 1.807) is 24.3 Å². The van der Waals surface area contributed by atoms with E-state index in [9.17, 15) is 9.59 Å². The summed E-state index contributed by atoms with van der Waals surface area (Å²) in [5, 5.41) is 5.52. The SMILES string of the molecule is CN1CCN(CC(=O)c2ccc(NC(=O)Nc3ccccc3)cc2)CC1. The lowest BCUT2D eigenvalue weighted by atomic mass is 10.1. The van der Waals surface area contributed by atoms with E-state index >= 15 is 0 Å². The lowest BCUT2D eigenvalue weighted by molar-refractivity contribution is 0.0876. The molecule has 0 unspecified atom stereocenters. The van der Waals surface area contributed by atoms with Crippen LogP contribution in [0.25, 0.3) is 0 Å². The number of Topliss-reactive ketones (excluding diaryl/α,β-unsaturated/α-hetero) is 1. The first-order valence-corrected chi connectivity index (χ1v) is 8.77. The van der Waals surface area contributed by atoms with Crippen LogP contribution in [-0.4, -0.2) is 61.4 Å². The first-order valence-electron chi connectivity index (χ1n) is 8.77. The summed E-state index contributed by atoms with van der Waals surface area (Å²) in [5.74, 6) is 0.106. The third-order valence-electron chi connectivity index (χ3n) is 4.46. The predicted molar refractivity (Wildman–Crippen MR) is 104 cm³/mol. The highest BCUT2D eigenvalue weighted by atomic mass is 16.2. The zero-order valence-electron chi connectivity index (χ0n) is 14.9. The minimum absolute atomic E-state index is 0.106. The van der Waals surface area contributed by atoms with Gasteiger partial charge in [-0.2, -0.15) is 0 Å². The molecule has 6 heteroatoms. The molecule has 0 aromatic heterocycles. The number of rotatable bonds is 5. The Hall–Kier alpha value is -2.70. The number of hydrogen-bond acceptors (Lipinski definition) is 4. The Morgan fingerprint density at radius 3 is 2.04 bits per heavy atom. The van der Waals surface area contributed by atoms with Crippen LogP contribution in [0.3, 0.4) is 0 Å². The van der Waals surface area contributed by atoms with Crippen LogP contribution in [0.5, 0.6) is 0 Å². The molecule has 1 saturated heterocycles. The fourth-order valence-electron chi connectivity index (χ4n) is 2.85. The van der Waals surface area contributed by atoms with Crippen molar-refractivity contribution in [1.29, 1.82) is 0 Å². The van der Waals surface area contributed by atoms with Crippen molar-refractivity contribution < 1.29 is 9.59 Å². The molecule has 6 nitrogen and oxygen atoms in total. The number of nitrogens with one attached hydrogen (secondary N) is 2. The Kier molecular flexibility index (Phi) is 5.99. The first-order chi connectivity index (χ1) is 12.6. The molecule has 1 fully saturated rings. The molecule has 3 rings (SSSR count). The molecule has 0 radical (unpaired) electrons. The number of hydrogen-bond donors (Lipinski definition) is 2. The van der Waals surface area contributed by atoms with Crippen LogP contribution in [-0.2, 0) is 0 Å². The number of piperazine rings is 1. The van der Waals surface area contributed by atoms with E-state index in [0.717, 1.165) is 31.9 Å². The molecule has 1 aliphatic rings. The van der Waals surface area contributed by atoms with Gasteiger partial charge >= 0.3 is 6.03 Å². The summed E-state index contributed by atoms with van der Waals surface area (Å²) < 4.78 is 0. The van der Waals surface area contributed by atoms with Crippen LogP contribution in [0.15, 0.2) is 54.6 Å². The van der Waals surface area contributed by atoms with Crippen molar-refractivity contribution in [2.24, 2.45) is 0 Å². The maximum atomic E-state index is 12.4. The molecule has 1 aliphatic heterocycles. The number of urea groups is 1. The van der Waals surface area contributed by atoms with Crippen molar-refractivity contribution in [1.82, 2.24) is 9.80 Å². The number of carbonyl (C=O) groups excluding carboxylic acids is 2. The van der Waals surface area contributed by atoms with Crippen LogP contribution >= 0.6 is 0 Å². The molecule has 1 heterocycles. The molecule has 0 spiro atoms. The van der Waals surface area contributed by atoms with Gasteiger partial charge in [-0.15, -0.1) is 0 Å². The highest BCUT2D eigenvalue weighted by Gasteiger charge is 2.17. The van der Waals surface area contributed by atoms with Gasteiger partial charge in [0, 0.05) is 43.1 Å². The Morgan fingerprint density at radius 1 is 0.846 bits per heavy atom. The molecule has 26 heavy (non-hydrogen) atoms. The van der Waals surface area contributed by atoms with Crippen molar-refractivity contribution in [3.63, 3.8) is 0 Å². The van der Waals surface area contributed by atoms with E-state index in [4.69, 9.17) is 0 Å². The van der Waals surface area contributed by atoms with Crippen molar-refractivity contribution in [3.8, 4) is 0 Å². The van der Waals surface area contributed by atoms with Crippen LogP contribution in [0.2, 0.25) is 0 Å². The third-order valence-corrected chi connectivity index (χ3v) is 4.46. The number of ketones is 1. The molecule has 0 atom stereocenters. The number of amides is 2. The van der Waals surface area contributed by atoms with Gasteiger partial charge in [0.2, 0.25) is 0 Å². The number of anilines is 2. The van der Waals surface area contributed by atoms with E-state index in [1.165, 1.54) is 0 Å². The summed E-state index contributed by atoms with van der Waals surface area (Å²) in [6.45, 7) is 4.26. The molecule has 2 aromatic rings. The summed E-state index contributed by atoms with van der Waals surface area (Å²) >= 11 is 0. The second kappa shape index (κ2) is 8.60. The molecular formula is C20H24N4O2. The molecular weight excluding hydrogens is 328 g/mol. The highest BCUT2D eigenvalue weighted by molar-refractivity contribution is 6.01. The Labute approximate surface area is 153 Å². The number of benzene rings is 2.